The number of benzene rings is 1. The maximum absolute atomic E-state index is 13.7. The smallest absolute Gasteiger partial charge is 0.165 e. The van der Waals surface area contributed by atoms with Crippen molar-refractivity contribution in [3.63, 3.8) is 0 Å². The van der Waals surface area contributed by atoms with E-state index in [1.54, 1.807) is 6.07 Å². The van der Waals surface area contributed by atoms with Gasteiger partial charge in [0.05, 0.1) is 6.10 Å². The quantitative estimate of drug-likeness (QED) is 0.855. The summed E-state index contributed by atoms with van der Waals surface area (Å²) in [6.07, 6.45) is -0.0251. The van der Waals surface area contributed by atoms with Gasteiger partial charge in [0, 0.05) is 12.0 Å². The SMILES string of the molecule is CC(C)Oc1ccc(C(C)(C)CN)cc1F. The zero-order valence-electron chi connectivity index (χ0n) is 10.4. The first-order chi connectivity index (χ1) is 7.36. The maximum Gasteiger partial charge on any atom is 0.165 e. The molecular formula is C13H20FNO. The van der Waals surface area contributed by atoms with Gasteiger partial charge < -0.3 is 10.5 Å². The number of nitrogens with two attached hydrogens (primary N) is 1. The molecule has 90 valence electrons. The van der Waals surface area contributed by atoms with Crippen molar-refractivity contribution in [1.82, 2.24) is 0 Å². The van der Waals surface area contributed by atoms with Crippen LogP contribution in [0, 0.1) is 5.82 Å². The summed E-state index contributed by atoms with van der Waals surface area (Å²) in [5.74, 6) is -0.0284. The van der Waals surface area contributed by atoms with Gasteiger partial charge in [0.15, 0.2) is 11.6 Å². The maximum atomic E-state index is 13.7. The fourth-order valence-electron chi connectivity index (χ4n) is 1.39. The number of hydrogen-bond donors (Lipinski definition) is 1. The van der Waals surface area contributed by atoms with E-state index >= 15 is 0 Å². The molecule has 0 amide bonds. The molecule has 0 aliphatic carbocycles. The molecule has 1 rings (SSSR count). The normalized spacial score (nSPS) is 11.9. The average Bonchev–Trinajstić information content (AvgIpc) is 2.20. The molecule has 0 bridgehead atoms. The number of ether oxygens (including phenoxy) is 1. The first-order valence-electron chi connectivity index (χ1n) is 5.53. The Hall–Kier alpha value is -1.09. The molecule has 0 fully saturated rings. The van der Waals surface area contributed by atoms with Gasteiger partial charge in [-0.15, -0.1) is 0 Å². The lowest BCUT2D eigenvalue weighted by Gasteiger charge is -2.23. The van der Waals surface area contributed by atoms with Gasteiger partial charge in [-0.25, -0.2) is 4.39 Å². The summed E-state index contributed by atoms with van der Waals surface area (Å²) < 4.78 is 19.1. The number of rotatable bonds is 4. The van der Waals surface area contributed by atoms with Gasteiger partial charge in [0.1, 0.15) is 0 Å². The molecule has 3 heteroatoms. The van der Waals surface area contributed by atoms with Gasteiger partial charge in [0.25, 0.3) is 0 Å². The van der Waals surface area contributed by atoms with Crippen LogP contribution >= 0.6 is 0 Å². The highest BCUT2D eigenvalue weighted by molar-refractivity contribution is 5.33. The van der Waals surface area contributed by atoms with E-state index in [9.17, 15) is 4.39 Å². The van der Waals surface area contributed by atoms with E-state index < -0.39 is 0 Å². The van der Waals surface area contributed by atoms with Gasteiger partial charge in [-0.05, 0) is 31.5 Å². The van der Waals surface area contributed by atoms with Crippen LogP contribution in [0.2, 0.25) is 0 Å². The van der Waals surface area contributed by atoms with Crippen LogP contribution in [0.15, 0.2) is 18.2 Å². The van der Waals surface area contributed by atoms with Gasteiger partial charge in [0.2, 0.25) is 0 Å². The summed E-state index contributed by atoms with van der Waals surface area (Å²) >= 11 is 0. The van der Waals surface area contributed by atoms with E-state index in [0.717, 1.165) is 5.56 Å². The number of hydrogen-bond acceptors (Lipinski definition) is 2. The predicted octanol–water partition coefficient (Wildman–Crippen LogP) is 2.85. The molecule has 0 aromatic heterocycles. The van der Waals surface area contributed by atoms with Gasteiger partial charge in [-0.1, -0.05) is 19.9 Å². The van der Waals surface area contributed by atoms with Crippen molar-refractivity contribution >= 4 is 0 Å². The summed E-state index contributed by atoms with van der Waals surface area (Å²) in [5.41, 5.74) is 6.33. The third-order valence-corrected chi connectivity index (χ3v) is 2.59. The van der Waals surface area contributed by atoms with E-state index in [-0.39, 0.29) is 17.3 Å². The fourth-order valence-corrected chi connectivity index (χ4v) is 1.39. The minimum atomic E-state index is -0.326. The van der Waals surface area contributed by atoms with Crippen LogP contribution in [0.25, 0.3) is 0 Å². The zero-order valence-corrected chi connectivity index (χ0v) is 10.4. The molecule has 0 spiro atoms. The second kappa shape index (κ2) is 4.83. The minimum Gasteiger partial charge on any atom is -0.488 e. The van der Waals surface area contributed by atoms with Crippen molar-refractivity contribution < 1.29 is 9.13 Å². The van der Waals surface area contributed by atoms with E-state index in [0.29, 0.717) is 12.3 Å². The van der Waals surface area contributed by atoms with Crippen LogP contribution in [0.1, 0.15) is 33.3 Å². The van der Waals surface area contributed by atoms with Gasteiger partial charge in [-0.2, -0.15) is 0 Å². The Labute approximate surface area is 96.6 Å². The molecular weight excluding hydrogens is 205 g/mol. The third-order valence-electron chi connectivity index (χ3n) is 2.59. The summed E-state index contributed by atoms with van der Waals surface area (Å²) in [6, 6.07) is 5.04. The van der Waals surface area contributed by atoms with Gasteiger partial charge in [-0.3, -0.25) is 0 Å². The molecule has 0 saturated carbocycles. The monoisotopic (exact) mass is 225 g/mol. The van der Waals surface area contributed by atoms with Crippen LogP contribution in [0.5, 0.6) is 5.75 Å². The predicted molar refractivity (Wildman–Crippen MR) is 64.2 cm³/mol. The molecule has 1 aromatic rings. The Balaban J connectivity index is 2.99. The van der Waals surface area contributed by atoms with Crippen LogP contribution in [-0.2, 0) is 5.41 Å². The van der Waals surface area contributed by atoms with Crippen molar-refractivity contribution in [2.45, 2.75) is 39.2 Å². The summed E-state index contributed by atoms with van der Waals surface area (Å²) in [6.45, 7) is 8.21. The Morgan fingerprint density at radius 3 is 2.44 bits per heavy atom. The molecule has 2 N–H and O–H groups in total. The molecule has 0 atom stereocenters. The molecule has 0 radical (unpaired) electrons. The summed E-state index contributed by atoms with van der Waals surface area (Å²) in [4.78, 5) is 0. The highest BCUT2D eigenvalue weighted by Crippen LogP contribution is 2.27. The van der Waals surface area contributed by atoms with Crippen LogP contribution in [-0.4, -0.2) is 12.6 Å². The molecule has 0 saturated heterocycles. The molecule has 0 aliphatic rings. The van der Waals surface area contributed by atoms with E-state index in [2.05, 4.69) is 0 Å². The van der Waals surface area contributed by atoms with Crippen LogP contribution in [0.3, 0.4) is 0 Å². The van der Waals surface area contributed by atoms with Crippen molar-refractivity contribution in [2.75, 3.05) is 6.54 Å². The van der Waals surface area contributed by atoms with E-state index in [1.165, 1.54) is 6.07 Å². The lowest BCUT2D eigenvalue weighted by atomic mass is 9.85. The molecule has 0 unspecified atom stereocenters. The van der Waals surface area contributed by atoms with Crippen molar-refractivity contribution in [3.8, 4) is 5.75 Å². The standard InChI is InChI=1S/C13H20FNO/c1-9(2)16-12-6-5-10(7-11(12)14)13(3,4)8-15/h5-7,9H,8,15H2,1-4H3. The zero-order chi connectivity index (χ0) is 12.3. The van der Waals surface area contributed by atoms with Crippen molar-refractivity contribution in [2.24, 2.45) is 5.73 Å². The first kappa shape index (κ1) is 13.0. The highest BCUT2D eigenvalue weighted by atomic mass is 19.1. The Morgan fingerprint density at radius 1 is 1.38 bits per heavy atom. The fraction of sp³-hybridized carbons (Fsp3) is 0.538. The third kappa shape index (κ3) is 2.95. The van der Waals surface area contributed by atoms with Crippen molar-refractivity contribution in [3.05, 3.63) is 29.6 Å². The Kier molecular flexibility index (Phi) is 3.92. The average molecular weight is 225 g/mol. The number of halogens is 1. The summed E-state index contributed by atoms with van der Waals surface area (Å²) in [7, 11) is 0. The van der Waals surface area contributed by atoms with Crippen LogP contribution < -0.4 is 10.5 Å². The van der Waals surface area contributed by atoms with Crippen LogP contribution in [0.4, 0.5) is 4.39 Å². The van der Waals surface area contributed by atoms with Crippen molar-refractivity contribution in [1.29, 1.82) is 0 Å². The Bertz CT molecular complexity index is 361. The second-order valence-corrected chi connectivity index (χ2v) is 4.90. The summed E-state index contributed by atoms with van der Waals surface area (Å²) in [5, 5.41) is 0. The van der Waals surface area contributed by atoms with E-state index in [4.69, 9.17) is 10.5 Å². The molecule has 0 heterocycles. The van der Waals surface area contributed by atoms with Gasteiger partial charge >= 0.3 is 0 Å². The largest absolute Gasteiger partial charge is 0.488 e. The molecule has 16 heavy (non-hydrogen) atoms. The minimum absolute atomic E-state index is 0.0251. The lowest BCUT2D eigenvalue weighted by Crippen LogP contribution is -2.28. The van der Waals surface area contributed by atoms with E-state index in [1.807, 2.05) is 33.8 Å². The highest BCUT2D eigenvalue weighted by Gasteiger charge is 2.20. The molecule has 2 nitrogen and oxygen atoms in total. The Morgan fingerprint density at radius 2 is 2.00 bits per heavy atom. The molecule has 1 aromatic carbocycles. The topological polar surface area (TPSA) is 35.2 Å². The lowest BCUT2D eigenvalue weighted by molar-refractivity contribution is 0.231. The first-order valence-corrected chi connectivity index (χ1v) is 5.53. The molecule has 0 aliphatic heterocycles. The second-order valence-electron chi connectivity index (χ2n) is 4.90.